The Bertz CT molecular complexity index is 430. The van der Waals surface area contributed by atoms with Crippen molar-refractivity contribution < 1.29 is 9.84 Å². The van der Waals surface area contributed by atoms with E-state index in [4.69, 9.17) is 16.3 Å². The van der Waals surface area contributed by atoms with Crippen LogP contribution in [0.1, 0.15) is 50.2 Å². The van der Waals surface area contributed by atoms with E-state index in [1.807, 2.05) is 0 Å². The second kappa shape index (κ2) is 6.96. The number of aliphatic hydroxyl groups excluding tert-OH is 1. The average Bonchev–Trinajstić information content (AvgIpc) is 2.39. The zero-order chi connectivity index (χ0) is 13.8. The Balaban J connectivity index is 2.15. The minimum Gasteiger partial charge on any atom is -0.495 e. The van der Waals surface area contributed by atoms with E-state index in [0.717, 1.165) is 16.5 Å². The van der Waals surface area contributed by atoms with Crippen molar-refractivity contribution in [1.82, 2.24) is 0 Å². The molecule has 1 saturated carbocycles. The molecule has 0 aromatic heterocycles. The van der Waals surface area contributed by atoms with Gasteiger partial charge in [-0.25, -0.2) is 0 Å². The average molecular weight is 348 g/mol. The van der Waals surface area contributed by atoms with Crippen molar-refractivity contribution in [2.24, 2.45) is 5.92 Å². The van der Waals surface area contributed by atoms with Crippen LogP contribution in [-0.4, -0.2) is 12.2 Å². The van der Waals surface area contributed by atoms with Crippen LogP contribution in [-0.2, 0) is 0 Å². The highest BCUT2D eigenvalue weighted by molar-refractivity contribution is 9.10. The van der Waals surface area contributed by atoms with Crippen molar-refractivity contribution in [3.05, 3.63) is 27.2 Å². The fourth-order valence-corrected chi connectivity index (χ4v) is 3.90. The third kappa shape index (κ3) is 3.87. The van der Waals surface area contributed by atoms with E-state index in [1.165, 1.54) is 32.1 Å². The summed E-state index contributed by atoms with van der Waals surface area (Å²) in [6.45, 7) is 0. The summed E-state index contributed by atoms with van der Waals surface area (Å²) in [6, 6.07) is 3.59. The number of halogens is 2. The smallest absolute Gasteiger partial charge is 0.138 e. The van der Waals surface area contributed by atoms with Gasteiger partial charge in [0.05, 0.1) is 17.7 Å². The van der Waals surface area contributed by atoms with E-state index >= 15 is 0 Å². The summed E-state index contributed by atoms with van der Waals surface area (Å²) in [5.41, 5.74) is 0.785. The van der Waals surface area contributed by atoms with E-state index in [-0.39, 0.29) is 0 Å². The van der Waals surface area contributed by atoms with E-state index in [9.17, 15) is 5.11 Å². The van der Waals surface area contributed by atoms with Gasteiger partial charge in [-0.15, -0.1) is 0 Å². The van der Waals surface area contributed by atoms with Crippen molar-refractivity contribution >= 4 is 27.5 Å². The quantitative estimate of drug-likeness (QED) is 0.819. The summed E-state index contributed by atoms with van der Waals surface area (Å²) in [5.74, 6) is 1.30. The lowest BCUT2D eigenvalue weighted by Gasteiger charge is -2.25. The van der Waals surface area contributed by atoms with Gasteiger partial charge in [0, 0.05) is 10.6 Å². The molecule has 0 saturated heterocycles. The van der Waals surface area contributed by atoms with Crippen molar-refractivity contribution in [2.75, 3.05) is 7.11 Å². The Morgan fingerprint density at radius 3 is 2.68 bits per heavy atom. The number of benzene rings is 1. The predicted molar refractivity (Wildman–Crippen MR) is 81.9 cm³/mol. The molecule has 106 valence electrons. The van der Waals surface area contributed by atoms with Crippen LogP contribution in [0, 0.1) is 5.92 Å². The molecule has 0 spiro atoms. The highest BCUT2D eigenvalue weighted by atomic mass is 79.9. The van der Waals surface area contributed by atoms with Crippen LogP contribution in [0.3, 0.4) is 0 Å². The summed E-state index contributed by atoms with van der Waals surface area (Å²) in [6.07, 6.45) is 6.64. The third-order valence-corrected chi connectivity index (χ3v) is 4.69. The number of aliphatic hydroxyl groups is 1. The van der Waals surface area contributed by atoms with Gasteiger partial charge in [0.2, 0.25) is 0 Å². The highest BCUT2D eigenvalue weighted by Gasteiger charge is 2.22. The van der Waals surface area contributed by atoms with Gasteiger partial charge in [-0.1, -0.05) is 43.7 Å². The normalized spacial score (nSPS) is 18.3. The van der Waals surface area contributed by atoms with Crippen molar-refractivity contribution in [2.45, 2.75) is 44.6 Å². The molecule has 0 bridgehead atoms. The van der Waals surface area contributed by atoms with Gasteiger partial charge in [0.1, 0.15) is 5.75 Å². The molecule has 19 heavy (non-hydrogen) atoms. The summed E-state index contributed by atoms with van der Waals surface area (Å²) >= 11 is 9.50. The fourth-order valence-electron chi connectivity index (χ4n) is 2.91. The second-order valence-corrected chi connectivity index (χ2v) is 6.56. The molecular formula is C15H20BrClO2. The second-order valence-electron chi connectivity index (χ2n) is 5.27. The molecule has 1 aliphatic carbocycles. The summed E-state index contributed by atoms with van der Waals surface area (Å²) in [7, 11) is 1.62. The van der Waals surface area contributed by atoms with Crippen molar-refractivity contribution in [3.63, 3.8) is 0 Å². The molecule has 1 aromatic rings. The third-order valence-electron chi connectivity index (χ3n) is 3.88. The van der Waals surface area contributed by atoms with Gasteiger partial charge >= 0.3 is 0 Å². The number of methoxy groups -OCH3 is 1. The predicted octanol–water partition coefficient (Wildman–Crippen LogP) is 5.11. The topological polar surface area (TPSA) is 29.5 Å². The lowest BCUT2D eigenvalue weighted by Crippen LogP contribution is -2.12. The molecule has 1 atom stereocenters. The monoisotopic (exact) mass is 346 g/mol. The molecule has 1 aliphatic rings. The summed E-state index contributed by atoms with van der Waals surface area (Å²) < 4.78 is 6.17. The first-order valence-corrected chi connectivity index (χ1v) is 8.00. The standard InChI is InChI=1S/C15H20BrClO2/c1-19-15-12(8-11(17)9-13(15)16)14(18)7-10-5-3-2-4-6-10/h8-10,14,18H,2-7H2,1H3. The van der Waals surface area contributed by atoms with E-state index in [0.29, 0.717) is 16.7 Å². The SMILES string of the molecule is COc1c(Br)cc(Cl)cc1C(O)CC1CCCCC1. The zero-order valence-corrected chi connectivity index (χ0v) is 13.5. The lowest BCUT2D eigenvalue weighted by molar-refractivity contribution is 0.128. The first-order chi connectivity index (χ1) is 9.11. The molecule has 0 heterocycles. The van der Waals surface area contributed by atoms with Gasteiger partial charge in [0.15, 0.2) is 0 Å². The maximum absolute atomic E-state index is 10.5. The molecule has 2 nitrogen and oxygen atoms in total. The molecule has 1 unspecified atom stereocenters. The number of hydrogen-bond donors (Lipinski definition) is 1. The van der Waals surface area contributed by atoms with E-state index < -0.39 is 6.10 Å². The summed E-state index contributed by atoms with van der Waals surface area (Å²) in [4.78, 5) is 0. The van der Waals surface area contributed by atoms with Gasteiger partial charge in [-0.2, -0.15) is 0 Å². The highest BCUT2D eigenvalue weighted by Crippen LogP contribution is 2.39. The first-order valence-electron chi connectivity index (χ1n) is 6.82. The first kappa shape index (κ1) is 15.1. The van der Waals surface area contributed by atoms with Crippen molar-refractivity contribution in [1.29, 1.82) is 0 Å². The largest absolute Gasteiger partial charge is 0.495 e. The van der Waals surface area contributed by atoms with E-state index in [1.54, 1.807) is 19.2 Å². The zero-order valence-electron chi connectivity index (χ0n) is 11.2. The van der Waals surface area contributed by atoms with Crippen LogP contribution in [0.5, 0.6) is 5.75 Å². The van der Waals surface area contributed by atoms with Crippen LogP contribution in [0.25, 0.3) is 0 Å². The van der Waals surface area contributed by atoms with Crippen LogP contribution in [0.15, 0.2) is 16.6 Å². The molecule has 0 aliphatic heterocycles. The van der Waals surface area contributed by atoms with Crippen LogP contribution >= 0.6 is 27.5 Å². The minimum atomic E-state index is -0.506. The molecule has 1 N–H and O–H groups in total. The Morgan fingerprint density at radius 2 is 2.05 bits per heavy atom. The molecule has 4 heteroatoms. The summed E-state index contributed by atoms with van der Waals surface area (Å²) in [5, 5.41) is 11.1. The van der Waals surface area contributed by atoms with Crippen LogP contribution in [0.2, 0.25) is 5.02 Å². The van der Waals surface area contributed by atoms with Gasteiger partial charge in [-0.3, -0.25) is 0 Å². The molecule has 1 aromatic carbocycles. The Morgan fingerprint density at radius 1 is 1.37 bits per heavy atom. The molecule has 1 fully saturated rings. The van der Waals surface area contributed by atoms with E-state index in [2.05, 4.69) is 15.9 Å². The lowest BCUT2D eigenvalue weighted by atomic mass is 9.84. The minimum absolute atomic E-state index is 0.506. The van der Waals surface area contributed by atoms with Crippen LogP contribution < -0.4 is 4.74 Å². The van der Waals surface area contributed by atoms with Gasteiger partial charge < -0.3 is 9.84 Å². The van der Waals surface area contributed by atoms with Gasteiger partial charge in [-0.05, 0) is 40.4 Å². The molecular weight excluding hydrogens is 328 g/mol. The number of rotatable bonds is 4. The van der Waals surface area contributed by atoms with Crippen LogP contribution in [0.4, 0.5) is 0 Å². The van der Waals surface area contributed by atoms with Crippen molar-refractivity contribution in [3.8, 4) is 5.75 Å². The fraction of sp³-hybridized carbons (Fsp3) is 0.600. The molecule has 2 rings (SSSR count). The number of hydrogen-bond acceptors (Lipinski definition) is 2. The molecule has 0 radical (unpaired) electrons. The Labute approximate surface area is 128 Å². The maximum Gasteiger partial charge on any atom is 0.138 e. The van der Waals surface area contributed by atoms with Gasteiger partial charge in [0.25, 0.3) is 0 Å². The number of ether oxygens (including phenoxy) is 1. The Kier molecular flexibility index (Phi) is 5.55. The molecule has 0 amide bonds. The maximum atomic E-state index is 10.5. The Hall–Kier alpha value is -0.250.